The number of ether oxygens (including phenoxy) is 1. The van der Waals surface area contributed by atoms with Crippen LogP contribution in [-0.4, -0.2) is 62.0 Å². The average Bonchev–Trinajstić information content (AvgIpc) is 3.48. The highest BCUT2D eigenvalue weighted by Crippen LogP contribution is 2.78. The van der Waals surface area contributed by atoms with Crippen molar-refractivity contribution < 1.29 is 39.2 Å². The number of Topliss-reactive ketones (excluding diaryl/α,β-unsaturated/α-hetero) is 1. The number of hydrogen-bond donors (Lipinski definition) is 3. The molecule has 208 valence electrons. The lowest BCUT2D eigenvalue weighted by molar-refractivity contribution is -0.148. The third-order valence-electron chi connectivity index (χ3n) is 11.5. The van der Waals surface area contributed by atoms with E-state index >= 15 is 0 Å². The van der Waals surface area contributed by atoms with Gasteiger partial charge in [-0.3, -0.25) is 19.2 Å². The summed E-state index contributed by atoms with van der Waals surface area (Å²) in [5, 5.41) is 31.6. The van der Waals surface area contributed by atoms with Crippen LogP contribution in [0.5, 0.6) is 0 Å². The number of fused-ring (bicyclic) bond motifs is 3. The molecule has 0 aromatic rings. The van der Waals surface area contributed by atoms with Gasteiger partial charge in [-0.25, -0.2) is 0 Å². The van der Waals surface area contributed by atoms with E-state index in [1.165, 1.54) is 19.9 Å². The predicted octanol–water partition coefficient (Wildman–Crippen LogP) is 3.18. The van der Waals surface area contributed by atoms with Crippen LogP contribution in [-0.2, 0) is 23.9 Å². The lowest BCUT2D eigenvalue weighted by atomic mass is 9.40. The third-order valence-corrected chi connectivity index (χ3v) is 11.5. The van der Waals surface area contributed by atoms with E-state index in [-0.39, 0.29) is 35.6 Å². The van der Waals surface area contributed by atoms with E-state index in [0.717, 1.165) is 5.57 Å². The SMILES string of the molecule is CC(CC(=O)CC(C)(O)C1=CC(=O)C2(C)C1(C)C(=O)C=C1C3(C)CCC(O)C(C)(C)C3CC3OC132)C(=O)O. The minimum absolute atomic E-state index is 0.0623. The zero-order chi connectivity index (χ0) is 28.4. The molecule has 8 nitrogen and oxygen atoms in total. The van der Waals surface area contributed by atoms with Crippen LogP contribution in [0.15, 0.2) is 23.3 Å². The summed E-state index contributed by atoms with van der Waals surface area (Å²) in [6.45, 7) is 12.5. The molecule has 2 saturated carbocycles. The first-order valence-corrected chi connectivity index (χ1v) is 13.7. The van der Waals surface area contributed by atoms with Crippen molar-refractivity contribution in [3.05, 3.63) is 23.3 Å². The van der Waals surface area contributed by atoms with Crippen molar-refractivity contribution >= 4 is 23.3 Å². The number of aliphatic hydroxyl groups excluding tert-OH is 1. The Morgan fingerprint density at radius 1 is 1.13 bits per heavy atom. The number of allylic oxidation sites excluding steroid dienone is 2. The van der Waals surface area contributed by atoms with Gasteiger partial charge in [0.05, 0.1) is 34.6 Å². The number of ketones is 3. The molecule has 8 heteroatoms. The minimum Gasteiger partial charge on any atom is -0.481 e. The molecule has 4 aliphatic carbocycles. The molecule has 1 aliphatic heterocycles. The molecule has 5 rings (SSSR count). The normalized spacial score (nSPS) is 44.9. The maximum Gasteiger partial charge on any atom is 0.306 e. The number of carbonyl (C=O) groups is 4. The van der Waals surface area contributed by atoms with Crippen molar-refractivity contribution in [3.8, 4) is 0 Å². The maximum atomic E-state index is 14.2. The van der Waals surface area contributed by atoms with Crippen LogP contribution in [0, 0.1) is 33.5 Å². The van der Waals surface area contributed by atoms with E-state index in [1.54, 1.807) is 19.9 Å². The Hall–Kier alpha value is -2.16. The lowest BCUT2D eigenvalue weighted by Crippen LogP contribution is -2.66. The fourth-order valence-corrected chi connectivity index (χ4v) is 9.00. The van der Waals surface area contributed by atoms with Crippen molar-refractivity contribution in [2.24, 2.45) is 33.5 Å². The number of hydrogen-bond acceptors (Lipinski definition) is 7. The second-order valence-electron chi connectivity index (χ2n) is 14.0. The van der Waals surface area contributed by atoms with Gasteiger partial charge < -0.3 is 20.1 Å². The van der Waals surface area contributed by atoms with Crippen LogP contribution in [0.25, 0.3) is 0 Å². The molecule has 0 aromatic carbocycles. The lowest BCUT2D eigenvalue weighted by Gasteiger charge is -2.61. The molecule has 3 N–H and O–H groups in total. The Morgan fingerprint density at radius 2 is 1.76 bits per heavy atom. The molecular weight excluding hydrogens is 488 g/mol. The molecular formula is C30H40O8. The molecule has 0 radical (unpaired) electrons. The minimum atomic E-state index is -1.82. The molecule has 1 spiro atoms. The van der Waals surface area contributed by atoms with E-state index < -0.39 is 63.1 Å². The van der Waals surface area contributed by atoms with Gasteiger partial charge in [0.2, 0.25) is 0 Å². The molecule has 1 saturated heterocycles. The summed E-state index contributed by atoms with van der Waals surface area (Å²) in [6.07, 6.45) is 3.47. The Kier molecular flexibility index (Phi) is 5.58. The van der Waals surface area contributed by atoms with Crippen LogP contribution in [0.1, 0.15) is 80.6 Å². The zero-order valence-electron chi connectivity index (χ0n) is 23.4. The summed E-state index contributed by atoms with van der Waals surface area (Å²) in [5.74, 6) is -3.01. The Morgan fingerprint density at radius 3 is 2.37 bits per heavy atom. The van der Waals surface area contributed by atoms with Gasteiger partial charge in [0.25, 0.3) is 0 Å². The van der Waals surface area contributed by atoms with Gasteiger partial charge in [0.1, 0.15) is 11.4 Å². The first-order valence-electron chi connectivity index (χ1n) is 13.7. The molecule has 5 aliphatic rings. The Bertz CT molecular complexity index is 1220. The molecule has 9 unspecified atom stereocenters. The molecule has 38 heavy (non-hydrogen) atoms. The quantitative estimate of drug-likeness (QED) is 0.446. The number of carboxylic acid groups (broad SMARTS) is 1. The second-order valence-corrected chi connectivity index (χ2v) is 14.0. The Labute approximate surface area is 223 Å². The molecule has 1 heterocycles. The molecule has 3 fully saturated rings. The second kappa shape index (κ2) is 7.73. The van der Waals surface area contributed by atoms with Crippen molar-refractivity contribution in [2.75, 3.05) is 0 Å². The smallest absolute Gasteiger partial charge is 0.306 e. The van der Waals surface area contributed by atoms with E-state index in [4.69, 9.17) is 4.74 Å². The van der Waals surface area contributed by atoms with E-state index in [1.807, 2.05) is 0 Å². The van der Waals surface area contributed by atoms with Crippen LogP contribution in [0.3, 0.4) is 0 Å². The number of aliphatic hydroxyl groups is 2. The number of epoxide rings is 1. The summed E-state index contributed by atoms with van der Waals surface area (Å²) >= 11 is 0. The monoisotopic (exact) mass is 528 g/mol. The highest BCUT2D eigenvalue weighted by Gasteiger charge is 2.85. The van der Waals surface area contributed by atoms with E-state index in [2.05, 4.69) is 20.8 Å². The number of carboxylic acids is 1. The van der Waals surface area contributed by atoms with Crippen LogP contribution in [0.2, 0.25) is 0 Å². The van der Waals surface area contributed by atoms with Gasteiger partial charge >= 0.3 is 5.97 Å². The average molecular weight is 529 g/mol. The number of rotatable bonds is 6. The van der Waals surface area contributed by atoms with Gasteiger partial charge in [-0.2, -0.15) is 0 Å². The third kappa shape index (κ3) is 3.02. The summed E-state index contributed by atoms with van der Waals surface area (Å²) < 4.78 is 6.51. The summed E-state index contributed by atoms with van der Waals surface area (Å²) in [5.41, 5.74) is -5.38. The summed E-state index contributed by atoms with van der Waals surface area (Å²) in [6, 6.07) is 0. The van der Waals surface area contributed by atoms with Crippen molar-refractivity contribution in [3.63, 3.8) is 0 Å². The Balaban J connectivity index is 1.57. The van der Waals surface area contributed by atoms with Crippen LogP contribution in [0.4, 0.5) is 0 Å². The highest BCUT2D eigenvalue weighted by molar-refractivity contribution is 6.14. The van der Waals surface area contributed by atoms with E-state index in [9.17, 15) is 34.5 Å². The van der Waals surface area contributed by atoms with Crippen molar-refractivity contribution in [2.45, 2.75) is 104 Å². The van der Waals surface area contributed by atoms with E-state index in [0.29, 0.717) is 19.3 Å². The van der Waals surface area contributed by atoms with Gasteiger partial charge in [-0.05, 0) is 80.1 Å². The van der Waals surface area contributed by atoms with Gasteiger partial charge in [-0.1, -0.05) is 27.7 Å². The van der Waals surface area contributed by atoms with Crippen LogP contribution < -0.4 is 0 Å². The predicted molar refractivity (Wildman–Crippen MR) is 137 cm³/mol. The number of aliphatic carboxylic acids is 1. The fraction of sp³-hybridized carbons (Fsp3) is 0.733. The first kappa shape index (κ1) is 27.4. The largest absolute Gasteiger partial charge is 0.481 e. The van der Waals surface area contributed by atoms with Crippen LogP contribution >= 0.6 is 0 Å². The topological polar surface area (TPSA) is 142 Å². The van der Waals surface area contributed by atoms with Crippen molar-refractivity contribution in [1.82, 2.24) is 0 Å². The molecule has 9 atom stereocenters. The maximum absolute atomic E-state index is 14.2. The zero-order valence-corrected chi connectivity index (χ0v) is 23.4. The number of carbonyl (C=O) groups excluding carboxylic acids is 3. The summed E-state index contributed by atoms with van der Waals surface area (Å²) in [7, 11) is 0. The first-order chi connectivity index (χ1) is 17.3. The summed E-state index contributed by atoms with van der Waals surface area (Å²) in [4.78, 5) is 52.1. The molecule has 0 bridgehead atoms. The van der Waals surface area contributed by atoms with Gasteiger partial charge in [0, 0.05) is 12.8 Å². The van der Waals surface area contributed by atoms with Crippen molar-refractivity contribution in [1.29, 1.82) is 0 Å². The highest BCUT2D eigenvalue weighted by atomic mass is 16.6. The van der Waals surface area contributed by atoms with Gasteiger partial charge in [-0.15, -0.1) is 0 Å². The fourth-order valence-electron chi connectivity index (χ4n) is 9.00. The van der Waals surface area contributed by atoms with Gasteiger partial charge in [0.15, 0.2) is 11.6 Å². The standard InChI is InChI=1S/C30H40O8/c1-15(24(35)36)10-16(31)14-27(5,37)19-12-22(34)29(7)28(19,6)21(33)11-18-26(4)9-8-20(32)25(2,3)17(26)13-23-30(18,29)38-23/h11-12,15,17,20,23,32,37H,8-10,13-14H2,1-7H3,(H,35,36). The molecule has 0 amide bonds. The molecule has 0 aromatic heterocycles.